The summed E-state index contributed by atoms with van der Waals surface area (Å²) in [6.45, 7) is 4.62. The molecular formula is C29H30FN3O6. The normalized spacial score (nSPS) is 15.1. The first-order chi connectivity index (χ1) is 18.6. The van der Waals surface area contributed by atoms with Crippen molar-refractivity contribution in [3.8, 4) is 11.4 Å². The fraction of sp³-hybridized carbons (Fsp3) is 0.241. The van der Waals surface area contributed by atoms with Crippen LogP contribution in [-0.4, -0.2) is 56.2 Å². The molecule has 39 heavy (non-hydrogen) atoms. The maximum atomic E-state index is 13.3. The number of imidazole rings is 1. The molecule has 1 fully saturated rings. The highest BCUT2D eigenvalue weighted by Crippen LogP contribution is 2.30. The van der Waals surface area contributed by atoms with E-state index < -0.39 is 11.9 Å². The first-order valence-electron chi connectivity index (χ1n) is 12.2. The molecule has 1 aliphatic rings. The molecule has 0 spiro atoms. The monoisotopic (exact) mass is 535 g/mol. The Morgan fingerprint density at radius 1 is 1.10 bits per heavy atom. The van der Waals surface area contributed by atoms with Gasteiger partial charge in [-0.15, -0.1) is 0 Å². The lowest BCUT2D eigenvalue weighted by Crippen LogP contribution is -2.38. The number of hydrogen-bond donors (Lipinski definition) is 2. The summed E-state index contributed by atoms with van der Waals surface area (Å²) in [5, 5.41) is 15.6. The van der Waals surface area contributed by atoms with Crippen molar-refractivity contribution in [2.75, 3.05) is 13.7 Å². The number of likely N-dealkylation sites (tertiary alicyclic amines) is 1. The van der Waals surface area contributed by atoms with Crippen molar-refractivity contribution in [3.63, 3.8) is 0 Å². The second kappa shape index (κ2) is 13.2. The predicted octanol–water partition coefficient (Wildman–Crippen LogP) is 4.81. The number of ether oxygens (including phenoxy) is 1. The van der Waals surface area contributed by atoms with E-state index in [1.807, 2.05) is 53.8 Å². The number of halogens is 1. The van der Waals surface area contributed by atoms with Crippen molar-refractivity contribution in [3.05, 3.63) is 95.4 Å². The third-order valence-electron chi connectivity index (χ3n) is 6.10. The minimum atomic E-state index is -1.26. The zero-order valence-corrected chi connectivity index (χ0v) is 21.9. The maximum Gasteiger partial charge on any atom is 0.328 e. The third-order valence-corrected chi connectivity index (χ3v) is 6.10. The van der Waals surface area contributed by atoms with Crippen LogP contribution in [0.1, 0.15) is 42.6 Å². The maximum absolute atomic E-state index is 13.3. The van der Waals surface area contributed by atoms with E-state index in [1.54, 1.807) is 25.6 Å². The van der Waals surface area contributed by atoms with Crippen LogP contribution >= 0.6 is 0 Å². The molecule has 1 aliphatic heterocycles. The fourth-order valence-electron chi connectivity index (χ4n) is 4.15. The SMILES string of the molecule is COc1cc(/C=C2\CCCN([C@@H](C)c3ccc(F)cc3)C2=O)ccc1-n1cnc(C)c1.O=C(O)/C=C\C(=O)O. The minimum absolute atomic E-state index is 0.0244. The van der Waals surface area contributed by atoms with Gasteiger partial charge in [0.2, 0.25) is 5.91 Å². The summed E-state index contributed by atoms with van der Waals surface area (Å²) < 4.78 is 20.8. The lowest BCUT2D eigenvalue weighted by Gasteiger charge is -2.34. The molecule has 2 aromatic carbocycles. The largest absolute Gasteiger partial charge is 0.495 e. The molecule has 4 rings (SSSR count). The number of benzene rings is 2. The van der Waals surface area contributed by atoms with E-state index in [4.69, 9.17) is 14.9 Å². The molecule has 0 radical (unpaired) electrons. The molecular weight excluding hydrogens is 505 g/mol. The molecule has 0 bridgehead atoms. The quantitative estimate of drug-likeness (QED) is 0.417. The molecule has 1 aromatic heterocycles. The Labute approximate surface area is 225 Å². The highest BCUT2D eigenvalue weighted by molar-refractivity contribution is 5.98. The average molecular weight is 536 g/mol. The molecule has 3 aromatic rings. The smallest absolute Gasteiger partial charge is 0.328 e. The summed E-state index contributed by atoms with van der Waals surface area (Å²) in [5.41, 5.74) is 4.44. The van der Waals surface area contributed by atoms with Gasteiger partial charge >= 0.3 is 11.9 Å². The summed E-state index contributed by atoms with van der Waals surface area (Å²) in [4.78, 5) is 38.4. The molecule has 9 nitrogen and oxygen atoms in total. The minimum Gasteiger partial charge on any atom is -0.495 e. The summed E-state index contributed by atoms with van der Waals surface area (Å²) in [6, 6.07) is 12.1. The number of carbonyl (C=O) groups excluding carboxylic acids is 1. The van der Waals surface area contributed by atoms with Gasteiger partial charge < -0.3 is 24.4 Å². The zero-order chi connectivity index (χ0) is 28.5. The van der Waals surface area contributed by atoms with Gasteiger partial charge in [0.25, 0.3) is 0 Å². The van der Waals surface area contributed by atoms with Crippen molar-refractivity contribution in [1.82, 2.24) is 14.5 Å². The Hall–Kier alpha value is -4.73. The first kappa shape index (κ1) is 28.8. The number of nitrogens with zero attached hydrogens (tertiary/aromatic N) is 3. The average Bonchev–Trinajstić information content (AvgIpc) is 3.35. The van der Waals surface area contributed by atoms with Crippen LogP contribution in [0.15, 0.2) is 72.7 Å². The van der Waals surface area contributed by atoms with Crippen molar-refractivity contribution in [2.24, 2.45) is 0 Å². The topological polar surface area (TPSA) is 122 Å². The van der Waals surface area contributed by atoms with Crippen molar-refractivity contribution < 1.29 is 33.7 Å². The lowest BCUT2D eigenvalue weighted by atomic mass is 9.97. The second-order valence-corrected chi connectivity index (χ2v) is 8.86. The summed E-state index contributed by atoms with van der Waals surface area (Å²) in [7, 11) is 1.64. The molecule has 1 saturated heterocycles. The van der Waals surface area contributed by atoms with E-state index in [2.05, 4.69) is 4.98 Å². The zero-order valence-electron chi connectivity index (χ0n) is 21.9. The van der Waals surface area contributed by atoms with E-state index in [1.165, 1.54) is 12.1 Å². The van der Waals surface area contributed by atoms with Crippen molar-refractivity contribution >= 4 is 23.9 Å². The number of methoxy groups -OCH3 is 1. The standard InChI is InChI=1S/C25H26FN3O2.C4H4O4/c1-17-15-28(16-27-17)23-11-6-19(14-24(23)31-3)13-21-5-4-12-29(25(21)30)18(2)20-7-9-22(26)10-8-20;5-3(6)1-2-4(7)8/h6-11,13-16,18H,4-5,12H2,1-3H3;1-2H,(H,5,6)(H,7,8)/b21-13+;2-1-/t18-;/m0./s1. The van der Waals surface area contributed by atoms with Crippen LogP contribution in [0.4, 0.5) is 4.39 Å². The third kappa shape index (κ3) is 7.88. The van der Waals surface area contributed by atoms with Crippen LogP contribution in [-0.2, 0) is 14.4 Å². The molecule has 0 saturated carbocycles. The van der Waals surface area contributed by atoms with Gasteiger partial charge in [-0.05, 0) is 68.2 Å². The fourth-order valence-corrected chi connectivity index (χ4v) is 4.15. The van der Waals surface area contributed by atoms with Crippen LogP contribution < -0.4 is 4.74 Å². The van der Waals surface area contributed by atoms with E-state index in [-0.39, 0.29) is 17.8 Å². The molecule has 2 heterocycles. The van der Waals surface area contributed by atoms with Gasteiger partial charge in [0, 0.05) is 30.5 Å². The molecule has 0 aliphatic carbocycles. The number of hydrogen-bond acceptors (Lipinski definition) is 5. The number of piperidine rings is 1. The summed E-state index contributed by atoms with van der Waals surface area (Å²) >= 11 is 0. The van der Waals surface area contributed by atoms with E-state index in [9.17, 15) is 18.8 Å². The number of amides is 1. The van der Waals surface area contributed by atoms with Crippen LogP contribution in [0.2, 0.25) is 0 Å². The number of carboxylic acids is 2. The first-order valence-corrected chi connectivity index (χ1v) is 12.2. The number of aliphatic carboxylic acids is 2. The van der Waals surface area contributed by atoms with Gasteiger partial charge in [-0.25, -0.2) is 19.0 Å². The molecule has 2 N–H and O–H groups in total. The van der Waals surface area contributed by atoms with E-state index in [0.717, 1.165) is 40.9 Å². The van der Waals surface area contributed by atoms with Crippen LogP contribution in [0.25, 0.3) is 11.8 Å². The lowest BCUT2D eigenvalue weighted by molar-refractivity contribution is -0.134. The van der Waals surface area contributed by atoms with Gasteiger partial charge in [-0.1, -0.05) is 18.2 Å². The van der Waals surface area contributed by atoms with Gasteiger partial charge in [-0.2, -0.15) is 0 Å². The molecule has 1 amide bonds. The Morgan fingerprint density at radius 2 is 1.77 bits per heavy atom. The number of aromatic nitrogens is 2. The molecule has 0 unspecified atom stereocenters. The predicted molar refractivity (Wildman–Crippen MR) is 143 cm³/mol. The second-order valence-electron chi connectivity index (χ2n) is 8.86. The highest BCUT2D eigenvalue weighted by Gasteiger charge is 2.28. The highest BCUT2D eigenvalue weighted by atomic mass is 19.1. The van der Waals surface area contributed by atoms with Gasteiger partial charge in [-0.3, -0.25) is 4.79 Å². The molecule has 204 valence electrons. The van der Waals surface area contributed by atoms with E-state index >= 15 is 0 Å². The Morgan fingerprint density at radius 3 is 2.33 bits per heavy atom. The van der Waals surface area contributed by atoms with Gasteiger partial charge in [0.1, 0.15) is 11.6 Å². The van der Waals surface area contributed by atoms with Gasteiger partial charge in [0.05, 0.1) is 30.9 Å². The van der Waals surface area contributed by atoms with Crippen LogP contribution in [0.3, 0.4) is 0 Å². The Kier molecular flexibility index (Phi) is 9.75. The summed E-state index contributed by atoms with van der Waals surface area (Å²) in [6.07, 6.45) is 8.38. The molecule has 1 atom stereocenters. The Balaban J connectivity index is 0.000000459. The van der Waals surface area contributed by atoms with Gasteiger partial charge in [0.15, 0.2) is 0 Å². The molecule has 10 heteroatoms. The van der Waals surface area contributed by atoms with Crippen molar-refractivity contribution in [1.29, 1.82) is 0 Å². The van der Waals surface area contributed by atoms with Crippen molar-refractivity contribution in [2.45, 2.75) is 32.7 Å². The van der Waals surface area contributed by atoms with E-state index in [0.29, 0.717) is 24.4 Å². The van der Waals surface area contributed by atoms with Crippen LogP contribution in [0.5, 0.6) is 5.75 Å². The van der Waals surface area contributed by atoms with Crippen LogP contribution in [0, 0.1) is 12.7 Å². The Bertz CT molecular complexity index is 1380. The summed E-state index contributed by atoms with van der Waals surface area (Å²) in [5.74, 6) is -2.05. The number of aryl methyl sites for hydroxylation is 1. The number of carboxylic acid groups (broad SMARTS) is 2. The number of carbonyl (C=O) groups is 3. The number of rotatable bonds is 7.